The van der Waals surface area contributed by atoms with Crippen LogP contribution in [0, 0.1) is 0 Å². The summed E-state index contributed by atoms with van der Waals surface area (Å²) in [6, 6.07) is 9.02. The van der Waals surface area contributed by atoms with Crippen LogP contribution >= 0.6 is 24.0 Å². The molecule has 1 N–H and O–H groups in total. The van der Waals surface area contributed by atoms with Gasteiger partial charge in [0.15, 0.2) is 4.32 Å². The van der Waals surface area contributed by atoms with Gasteiger partial charge in [-0.2, -0.15) is 0 Å². The number of H-pyrrole nitrogens is 1. The molecule has 0 bridgehead atoms. The van der Waals surface area contributed by atoms with Crippen molar-refractivity contribution >= 4 is 46.0 Å². The fourth-order valence-electron chi connectivity index (χ4n) is 2.22. The molecule has 0 aliphatic carbocycles. The summed E-state index contributed by atoms with van der Waals surface area (Å²) in [6.45, 7) is 0. The number of benzene rings is 1. The minimum atomic E-state index is -0.168. The summed E-state index contributed by atoms with van der Waals surface area (Å²) in [5, 5.41) is 0. The quantitative estimate of drug-likeness (QED) is 0.679. The molecule has 1 amide bonds. The van der Waals surface area contributed by atoms with E-state index in [2.05, 4.69) is 4.98 Å². The molecule has 118 valence electrons. The third-order valence-corrected chi connectivity index (χ3v) is 4.63. The van der Waals surface area contributed by atoms with Crippen molar-refractivity contribution in [3.8, 4) is 11.5 Å². The average Bonchev–Trinajstić information content (AvgIpc) is 3.16. The number of hydrogen-bond donors (Lipinski definition) is 1. The van der Waals surface area contributed by atoms with Crippen molar-refractivity contribution in [2.24, 2.45) is 0 Å². The van der Waals surface area contributed by atoms with E-state index in [1.807, 2.05) is 12.1 Å². The molecule has 3 rings (SSSR count). The smallest absolute Gasteiger partial charge is 0.270 e. The van der Waals surface area contributed by atoms with Crippen LogP contribution in [0.2, 0.25) is 0 Å². The number of hydrogen-bond acceptors (Lipinski definition) is 5. The maximum Gasteiger partial charge on any atom is 0.270 e. The number of amides is 1. The predicted molar refractivity (Wildman–Crippen MR) is 96.0 cm³/mol. The molecule has 1 aliphatic heterocycles. The van der Waals surface area contributed by atoms with Gasteiger partial charge in [-0.1, -0.05) is 24.0 Å². The topological polar surface area (TPSA) is 54.6 Å². The molecule has 7 heteroatoms. The van der Waals surface area contributed by atoms with Gasteiger partial charge < -0.3 is 14.5 Å². The van der Waals surface area contributed by atoms with Crippen LogP contribution in [0.4, 0.5) is 5.69 Å². The van der Waals surface area contributed by atoms with Gasteiger partial charge in [0.2, 0.25) is 0 Å². The highest BCUT2D eigenvalue weighted by atomic mass is 32.2. The number of aromatic amines is 1. The molecule has 0 spiro atoms. The van der Waals surface area contributed by atoms with Crippen molar-refractivity contribution in [2.45, 2.75) is 0 Å². The van der Waals surface area contributed by atoms with Crippen molar-refractivity contribution < 1.29 is 14.3 Å². The van der Waals surface area contributed by atoms with E-state index in [0.29, 0.717) is 26.4 Å². The average molecular weight is 346 g/mol. The number of nitrogens with zero attached hydrogens (tertiary/aromatic N) is 1. The van der Waals surface area contributed by atoms with E-state index in [-0.39, 0.29) is 5.91 Å². The highest BCUT2D eigenvalue weighted by molar-refractivity contribution is 8.27. The molecule has 1 fully saturated rings. The van der Waals surface area contributed by atoms with Crippen LogP contribution in [0.5, 0.6) is 11.5 Å². The van der Waals surface area contributed by atoms with Gasteiger partial charge in [-0.05, 0) is 30.3 Å². The maximum absolute atomic E-state index is 12.7. The Labute approximate surface area is 143 Å². The molecule has 1 aromatic carbocycles. The number of carbonyl (C=O) groups is 1. The lowest BCUT2D eigenvalue weighted by molar-refractivity contribution is -0.113. The minimum absolute atomic E-state index is 0.168. The fraction of sp³-hybridized carbons (Fsp3) is 0.125. The summed E-state index contributed by atoms with van der Waals surface area (Å²) >= 11 is 6.64. The van der Waals surface area contributed by atoms with Gasteiger partial charge in [-0.25, -0.2) is 0 Å². The van der Waals surface area contributed by atoms with Crippen LogP contribution in [0.3, 0.4) is 0 Å². The Bertz CT molecular complexity index is 785. The first kappa shape index (κ1) is 15.6. The number of anilines is 1. The summed E-state index contributed by atoms with van der Waals surface area (Å²) in [5.41, 5.74) is 1.46. The number of thiocarbonyl (C=S) groups is 1. The van der Waals surface area contributed by atoms with Crippen molar-refractivity contribution in [3.05, 3.63) is 47.1 Å². The second-order valence-corrected chi connectivity index (χ2v) is 6.36. The number of ether oxygens (including phenoxy) is 2. The number of nitrogens with one attached hydrogen (secondary N) is 1. The molecule has 0 atom stereocenters. The Morgan fingerprint density at radius 2 is 2.09 bits per heavy atom. The number of carbonyl (C=O) groups excluding carboxylic acids is 1. The monoisotopic (exact) mass is 346 g/mol. The molecule has 0 unspecified atom stereocenters. The SMILES string of the molecule is COc1ccc(N2C(=O)/C(=C\c3ccc[nH]3)SC2=S)c(OC)c1. The van der Waals surface area contributed by atoms with Gasteiger partial charge in [-0.3, -0.25) is 9.69 Å². The number of thioether (sulfide) groups is 1. The number of rotatable bonds is 4. The second kappa shape index (κ2) is 6.47. The molecule has 2 heterocycles. The molecular formula is C16H14N2O3S2. The van der Waals surface area contributed by atoms with Gasteiger partial charge in [0.05, 0.1) is 24.8 Å². The van der Waals surface area contributed by atoms with E-state index >= 15 is 0 Å². The van der Waals surface area contributed by atoms with Crippen LogP contribution in [0.25, 0.3) is 6.08 Å². The molecule has 0 saturated carbocycles. The zero-order valence-corrected chi connectivity index (χ0v) is 14.2. The first-order valence-corrected chi connectivity index (χ1v) is 8.00. The Morgan fingerprint density at radius 3 is 2.74 bits per heavy atom. The summed E-state index contributed by atoms with van der Waals surface area (Å²) in [6.07, 6.45) is 3.59. The van der Waals surface area contributed by atoms with Crippen LogP contribution in [0.15, 0.2) is 41.4 Å². The summed E-state index contributed by atoms with van der Waals surface area (Å²) in [4.78, 5) is 17.8. The van der Waals surface area contributed by atoms with Crippen LogP contribution < -0.4 is 14.4 Å². The summed E-state index contributed by atoms with van der Waals surface area (Å²) < 4.78 is 11.0. The molecule has 23 heavy (non-hydrogen) atoms. The first-order chi connectivity index (χ1) is 11.1. The van der Waals surface area contributed by atoms with Crippen LogP contribution in [0.1, 0.15) is 5.69 Å². The van der Waals surface area contributed by atoms with Gasteiger partial charge in [0.1, 0.15) is 11.5 Å². The molecule has 2 aromatic rings. The normalized spacial score (nSPS) is 16.3. The molecular weight excluding hydrogens is 332 g/mol. The maximum atomic E-state index is 12.7. The fourth-order valence-corrected chi connectivity index (χ4v) is 3.50. The van der Waals surface area contributed by atoms with Gasteiger partial charge >= 0.3 is 0 Å². The summed E-state index contributed by atoms with van der Waals surface area (Å²) in [5.74, 6) is 1.01. The van der Waals surface area contributed by atoms with Crippen molar-refractivity contribution in [1.29, 1.82) is 0 Å². The largest absolute Gasteiger partial charge is 0.497 e. The Hall–Kier alpha value is -2.25. The van der Waals surface area contributed by atoms with Crippen molar-refractivity contribution in [3.63, 3.8) is 0 Å². The van der Waals surface area contributed by atoms with E-state index in [4.69, 9.17) is 21.7 Å². The van der Waals surface area contributed by atoms with Crippen LogP contribution in [-0.4, -0.2) is 29.4 Å². The zero-order chi connectivity index (χ0) is 16.4. The van der Waals surface area contributed by atoms with E-state index < -0.39 is 0 Å². The van der Waals surface area contributed by atoms with Gasteiger partial charge in [0.25, 0.3) is 5.91 Å². The second-order valence-electron chi connectivity index (χ2n) is 4.68. The van der Waals surface area contributed by atoms with Crippen molar-refractivity contribution in [1.82, 2.24) is 4.98 Å². The Kier molecular flexibility index (Phi) is 4.40. The lowest BCUT2D eigenvalue weighted by Crippen LogP contribution is -2.27. The third-order valence-electron chi connectivity index (χ3n) is 3.33. The lowest BCUT2D eigenvalue weighted by Gasteiger charge is -2.18. The number of aromatic nitrogens is 1. The Balaban J connectivity index is 1.98. The van der Waals surface area contributed by atoms with E-state index in [1.54, 1.807) is 44.7 Å². The van der Waals surface area contributed by atoms with E-state index in [9.17, 15) is 4.79 Å². The standard InChI is InChI=1S/C16H14N2O3S2/c1-20-11-5-6-12(13(9-11)21-2)18-15(19)14(23-16(18)22)8-10-4-3-7-17-10/h3-9,17H,1-2H3/b14-8+. The molecule has 1 aromatic heterocycles. The molecule has 5 nitrogen and oxygen atoms in total. The van der Waals surface area contributed by atoms with Gasteiger partial charge in [0, 0.05) is 18.0 Å². The predicted octanol–water partition coefficient (Wildman–Crippen LogP) is 3.44. The number of methoxy groups -OCH3 is 2. The molecule has 1 aliphatic rings. The Morgan fingerprint density at radius 1 is 1.26 bits per heavy atom. The van der Waals surface area contributed by atoms with E-state index in [0.717, 1.165) is 5.69 Å². The molecule has 1 saturated heterocycles. The third kappa shape index (κ3) is 2.97. The van der Waals surface area contributed by atoms with Crippen molar-refractivity contribution in [2.75, 3.05) is 19.1 Å². The lowest BCUT2D eigenvalue weighted by atomic mass is 10.2. The highest BCUT2D eigenvalue weighted by Gasteiger charge is 2.35. The first-order valence-electron chi connectivity index (χ1n) is 6.77. The molecule has 0 radical (unpaired) electrons. The summed E-state index contributed by atoms with van der Waals surface area (Å²) in [7, 11) is 3.12. The van der Waals surface area contributed by atoms with Gasteiger partial charge in [-0.15, -0.1) is 0 Å². The van der Waals surface area contributed by atoms with E-state index in [1.165, 1.54) is 16.7 Å². The minimum Gasteiger partial charge on any atom is -0.497 e. The zero-order valence-electron chi connectivity index (χ0n) is 12.5. The highest BCUT2D eigenvalue weighted by Crippen LogP contribution is 2.41. The van der Waals surface area contributed by atoms with Crippen LogP contribution in [-0.2, 0) is 4.79 Å².